The average molecular weight is 226 g/mol. The van der Waals surface area contributed by atoms with E-state index in [4.69, 9.17) is 22.1 Å². The highest BCUT2D eigenvalue weighted by Crippen LogP contribution is 2.51. The molecule has 0 spiro atoms. The molecule has 1 saturated carbocycles. The van der Waals surface area contributed by atoms with Gasteiger partial charge in [0.25, 0.3) is 0 Å². The van der Waals surface area contributed by atoms with Crippen LogP contribution in [-0.4, -0.2) is 7.11 Å². The van der Waals surface area contributed by atoms with Gasteiger partial charge in [-0.1, -0.05) is 17.7 Å². The second kappa shape index (κ2) is 3.39. The number of rotatable bonds is 2. The lowest BCUT2D eigenvalue weighted by atomic mass is 9.98. The van der Waals surface area contributed by atoms with E-state index in [1.807, 2.05) is 19.9 Å². The summed E-state index contributed by atoms with van der Waals surface area (Å²) in [6, 6.07) is 2.04. The van der Waals surface area contributed by atoms with Crippen molar-refractivity contribution in [1.29, 1.82) is 0 Å². The summed E-state index contributed by atoms with van der Waals surface area (Å²) in [5.74, 6) is 0.852. The Labute approximate surface area is 95.4 Å². The summed E-state index contributed by atoms with van der Waals surface area (Å²) < 4.78 is 5.41. The highest BCUT2D eigenvalue weighted by Gasteiger charge is 2.44. The van der Waals surface area contributed by atoms with E-state index in [0.29, 0.717) is 0 Å². The zero-order chi connectivity index (χ0) is 11.2. The molecule has 2 nitrogen and oxygen atoms in total. The van der Waals surface area contributed by atoms with E-state index in [1.54, 1.807) is 7.11 Å². The van der Waals surface area contributed by atoms with Crippen LogP contribution in [0.5, 0.6) is 5.75 Å². The Kier molecular flexibility index (Phi) is 2.44. The maximum absolute atomic E-state index is 6.31. The molecule has 1 aromatic rings. The molecule has 0 aliphatic heterocycles. The molecule has 1 fully saturated rings. The van der Waals surface area contributed by atoms with E-state index >= 15 is 0 Å². The highest BCUT2D eigenvalue weighted by atomic mass is 35.5. The number of nitrogens with two attached hydrogens (primary N) is 1. The van der Waals surface area contributed by atoms with Gasteiger partial charge in [0.1, 0.15) is 5.75 Å². The first-order chi connectivity index (χ1) is 6.99. The van der Waals surface area contributed by atoms with Crippen molar-refractivity contribution < 1.29 is 4.74 Å². The molecule has 0 amide bonds. The van der Waals surface area contributed by atoms with Crippen molar-refractivity contribution in [3.05, 3.63) is 27.8 Å². The SMILES string of the molecule is COc1c(C)cc(C)c(Cl)c1C1(N)CC1. The fraction of sp³-hybridized carbons (Fsp3) is 0.500. The lowest BCUT2D eigenvalue weighted by Gasteiger charge is -2.19. The molecule has 2 N–H and O–H groups in total. The van der Waals surface area contributed by atoms with Crippen molar-refractivity contribution >= 4 is 11.6 Å². The van der Waals surface area contributed by atoms with Gasteiger partial charge in [0, 0.05) is 11.1 Å². The van der Waals surface area contributed by atoms with Crippen LogP contribution in [0.2, 0.25) is 5.02 Å². The number of aryl methyl sites for hydroxylation is 2. The second-order valence-corrected chi connectivity index (χ2v) is 4.77. The number of hydrogen-bond donors (Lipinski definition) is 1. The molecule has 0 saturated heterocycles. The molecule has 0 heterocycles. The average Bonchev–Trinajstić information content (AvgIpc) is 2.90. The van der Waals surface area contributed by atoms with E-state index in [0.717, 1.165) is 40.3 Å². The van der Waals surface area contributed by atoms with E-state index in [1.165, 1.54) is 0 Å². The van der Waals surface area contributed by atoms with Gasteiger partial charge in [-0.15, -0.1) is 0 Å². The smallest absolute Gasteiger partial charge is 0.128 e. The Morgan fingerprint density at radius 3 is 2.40 bits per heavy atom. The van der Waals surface area contributed by atoms with Gasteiger partial charge in [-0.25, -0.2) is 0 Å². The summed E-state index contributed by atoms with van der Waals surface area (Å²) in [6.07, 6.45) is 1.98. The van der Waals surface area contributed by atoms with Crippen LogP contribution >= 0.6 is 11.6 Å². The summed E-state index contributed by atoms with van der Waals surface area (Å²) in [4.78, 5) is 0. The minimum Gasteiger partial charge on any atom is -0.496 e. The molecule has 0 unspecified atom stereocenters. The zero-order valence-electron chi connectivity index (χ0n) is 9.36. The lowest BCUT2D eigenvalue weighted by Crippen LogP contribution is -2.21. The van der Waals surface area contributed by atoms with Crippen molar-refractivity contribution in [3.8, 4) is 5.75 Å². The fourth-order valence-electron chi connectivity index (χ4n) is 2.04. The molecular weight excluding hydrogens is 210 g/mol. The Bertz CT molecular complexity index is 411. The molecule has 0 radical (unpaired) electrons. The molecule has 82 valence electrons. The van der Waals surface area contributed by atoms with Crippen LogP contribution in [0.1, 0.15) is 29.5 Å². The summed E-state index contributed by atoms with van der Waals surface area (Å²) in [7, 11) is 1.67. The molecule has 0 atom stereocenters. The topological polar surface area (TPSA) is 35.2 Å². The van der Waals surface area contributed by atoms with Crippen molar-refractivity contribution in [2.75, 3.05) is 7.11 Å². The van der Waals surface area contributed by atoms with Gasteiger partial charge in [0.2, 0.25) is 0 Å². The van der Waals surface area contributed by atoms with Crippen LogP contribution in [-0.2, 0) is 5.54 Å². The quantitative estimate of drug-likeness (QED) is 0.840. The Morgan fingerprint density at radius 1 is 1.33 bits per heavy atom. The first-order valence-corrected chi connectivity index (χ1v) is 5.50. The Hall–Kier alpha value is -0.730. The predicted octanol–water partition coefficient (Wildman–Crippen LogP) is 2.91. The molecule has 0 aromatic heterocycles. The van der Waals surface area contributed by atoms with Gasteiger partial charge < -0.3 is 10.5 Å². The highest BCUT2D eigenvalue weighted by molar-refractivity contribution is 6.32. The van der Waals surface area contributed by atoms with E-state index < -0.39 is 0 Å². The number of ether oxygens (including phenoxy) is 1. The minimum atomic E-state index is -0.251. The van der Waals surface area contributed by atoms with Gasteiger partial charge >= 0.3 is 0 Å². The summed E-state index contributed by atoms with van der Waals surface area (Å²) in [6.45, 7) is 4.03. The van der Waals surface area contributed by atoms with Gasteiger partial charge in [-0.2, -0.15) is 0 Å². The number of hydrogen-bond acceptors (Lipinski definition) is 2. The van der Waals surface area contributed by atoms with Crippen molar-refractivity contribution in [2.24, 2.45) is 5.73 Å². The first-order valence-electron chi connectivity index (χ1n) is 5.12. The van der Waals surface area contributed by atoms with Crippen LogP contribution in [0, 0.1) is 13.8 Å². The van der Waals surface area contributed by atoms with Crippen LogP contribution in [0.4, 0.5) is 0 Å². The minimum absolute atomic E-state index is 0.251. The molecule has 1 aliphatic carbocycles. The molecule has 1 aromatic carbocycles. The monoisotopic (exact) mass is 225 g/mol. The molecule has 15 heavy (non-hydrogen) atoms. The third kappa shape index (κ3) is 1.62. The van der Waals surface area contributed by atoms with E-state index in [-0.39, 0.29) is 5.54 Å². The summed E-state index contributed by atoms with van der Waals surface area (Å²) in [5.41, 5.74) is 9.13. The molecule has 0 bridgehead atoms. The fourth-order valence-corrected chi connectivity index (χ4v) is 2.37. The Morgan fingerprint density at radius 2 is 1.93 bits per heavy atom. The first kappa shape index (κ1) is 10.8. The van der Waals surface area contributed by atoms with Gasteiger partial charge in [-0.3, -0.25) is 0 Å². The molecule has 1 aliphatic rings. The van der Waals surface area contributed by atoms with E-state index in [9.17, 15) is 0 Å². The van der Waals surface area contributed by atoms with Crippen molar-refractivity contribution in [2.45, 2.75) is 32.2 Å². The Balaban J connectivity index is 2.68. The number of methoxy groups -OCH3 is 1. The zero-order valence-corrected chi connectivity index (χ0v) is 10.1. The van der Waals surface area contributed by atoms with Crippen LogP contribution in [0.25, 0.3) is 0 Å². The van der Waals surface area contributed by atoms with Crippen LogP contribution in [0.15, 0.2) is 6.07 Å². The van der Waals surface area contributed by atoms with Gasteiger partial charge in [0.15, 0.2) is 0 Å². The number of halogens is 1. The normalized spacial score (nSPS) is 17.7. The molecule has 3 heteroatoms. The standard InChI is InChI=1S/C12H16ClNO/c1-7-6-8(2)11(15-3)9(10(7)13)12(14)4-5-12/h6H,4-5,14H2,1-3H3. The molecule has 2 rings (SSSR count). The predicted molar refractivity (Wildman–Crippen MR) is 62.6 cm³/mol. The van der Waals surface area contributed by atoms with Crippen molar-refractivity contribution in [1.82, 2.24) is 0 Å². The maximum Gasteiger partial charge on any atom is 0.128 e. The van der Waals surface area contributed by atoms with Crippen molar-refractivity contribution in [3.63, 3.8) is 0 Å². The van der Waals surface area contributed by atoms with Gasteiger partial charge in [-0.05, 0) is 37.8 Å². The second-order valence-electron chi connectivity index (χ2n) is 4.39. The maximum atomic E-state index is 6.31. The van der Waals surface area contributed by atoms with E-state index in [2.05, 4.69) is 0 Å². The van der Waals surface area contributed by atoms with Gasteiger partial charge in [0.05, 0.1) is 12.1 Å². The largest absolute Gasteiger partial charge is 0.496 e. The molecular formula is C12H16ClNO. The third-order valence-corrected chi connectivity index (χ3v) is 3.56. The summed E-state index contributed by atoms with van der Waals surface area (Å²) in [5, 5.41) is 0.762. The van der Waals surface area contributed by atoms with Crippen LogP contribution in [0.3, 0.4) is 0 Å². The number of benzene rings is 1. The van der Waals surface area contributed by atoms with Crippen LogP contribution < -0.4 is 10.5 Å². The third-order valence-electron chi connectivity index (χ3n) is 3.07. The lowest BCUT2D eigenvalue weighted by molar-refractivity contribution is 0.401. The summed E-state index contributed by atoms with van der Waals surface area (Å²) >= 11 is 6.31.